The molecular formula is C22H19N5O. The zero-order valence-electron chi connectivity index (χ0n) is 15.5. The van der Waals surface area contributed by atoms with E-state index in [1.54, 1.807) is 36.1 Å². The van der Waals surface area contributed by atoms with E-state index < -0.39 is 0 Å². The van der Waals surface area contributed by atoms with Crippen LogP contribution in [0.15, 0.2) is 65.7 Å². The zero-order valence-corrected chi connectivity index (χ0v) is 15.5. The molecule has 0 spiro atoms. The molecule has 4 rings (SSSR count). The van der Waals surface area contributed by atoms with E-state index in [0.29, 0.717) is 23.8 Å². The lowest BCUT2D eigenvalue weighted by atomic mass is 9.99. The average molecular weight is 369 g/mol. The maximum Gasteiger partial charge on any atom is 0.255 e. The highest BCUT2D eigenvalue weighted by Gasteiger charge is 2.19. The van der Waals surface area contributed by atoms with Crippen molar-refractivity contribution < 1.29 is 0 Å². The van der Waals surface area contributed by atoms with Gasteiger partial charge >= 0.3 is 0 Å². The average Bonchev–Trinajstić information content (AvgIpc) is 2.76. The first kappa shape index (κ1) is 17.7. The Morgan fingerprint density at radius 2 is 1.93 bits per heavy atom. The molecule has 0 radical (unpaired) electrons. The van der Waals surface area contributed by atoms with Gasteiger partial charge in [0.1, 0.15) is 0 Å². The minimum Gasteiger partial charge on any atom is -0.338 e. The van der Waals surface area contributed by atoms with Crippen LogP contribution in [0, 0.1) is 11.3 Å². The first-order chi connectivity index (χ1) is 13.7. The van der Waals surface area contributed by atoms with Crippen molar-refractivity contribution in [3.05, 3.63) is 82.4 Å². The van der Waals surface area contributed by atoms with Crippen LogP contribution in [0.1, 0.15) is 17.5 Å². The number of nitriles is 1. The van der Waals surface area contributed by atoms with Gasteiger partial charge in [-0.1, -0.05) is 18.2 Å². The third-order valence-corrected chi connectivity index (χ3v) is 4.88. The number of aromatic nitrogens is 3. The first-order valence-electron chi connectivity index (χ1n) is 9.09. The Bertz CT molecular complexity index is 1140. The van der Waals surface area contributed by atoms with E-state index in [-0.39, 0.29) is 5.56 Å². The van der Waals surface area contributed by atoms with E-state index >= 15 is 0 Å². The molecule has 1 aromatic carbocycles. The van der Waals surface area contributed by atoms with Gasteiger partial charge in [-0.15, -0.1) is 0 Å². The van der Waals surface area contributed by atoms with Gasteiger partial charge < -0.3 is 4.90 Å². The summed E-state index contributed by atoms with van der Waals surface area (Å²) in [6.45, 7) is 1.41. The quantitative estimate of drug-likeness (QED) is 0.709. The van der Waals surface area contributed by atoms with Gasteiger partial charge in [-0.2, -0.15) is 5.26 Å². The Balaban J connectivity index is 1.70. The van der Waals surface area contributed by atoms with Crippen LogP contribution in [0.25, 0.3) is 16.8 Å². The Labute approximate surface area is 163 Å². The summed E-state index contributed by atoms with van der Waals surface area (Å²) in [4.78, 5) is 23.5. The molecular weight excluding hydrogens is 350 g/mol. The summed E-state index contributed by atoms with van der Waals surface area (Å²) in [5.41, 5.74) is 4.21. The number of nitrogens with zero attached hydrogens (tertiary/aromatic N) is 5. The molecule has 0 atom stereocenters. The largest absolute Gasteiger partial charge is 0.338 e. The number of anilines is 1. The van der Waals surface area contributed by atoms with Gasteiger partial charge in [-0.05, 0) is 41.8 Å². The van der Waals surface area contributed by atoms with Crippen LogP contribution in [-0.2, 0) is 7.05 Å². The number of benzene rings is 1. The summed E-state index contributed by atoms with van der Waals surface area (Å²) in [5.74, 6) is 0.640. The molecule has 28 heavy (non-hydrogen) atoms. The highest BCUT2D eigenvalue weighted by atomic mass is 16.1. The molecule has 1 aliphatic heterocycles. The molecule has 0 bridgehead atoms. The van der Waals surface area contributed by atoms with Crippen LogP contribution in [0.2, 0.25) is 0 Å². The molecule has 0 unspecified atom stereocenters. The van der Waals surface area contributed by atoms with E-state index in [1.807, 2.05) is 30.3 Å². The number of hydrogen-bond acceptors (Lipinski definition) is 5. The van der Waals surface area contributed by atoms with Crippen molar-refractivity contribution >= 4 is 11.5 Å². The summed E-state index contributed by atoms with van der Waals surface area (Å²) < 4.78 is 1.58. The van der Waals surface area contributed by atoms with Crippen molar-refractivity contribution in [1.29, 1.82) is 5.26 Å². The molecule has 0 aliphatic carbocycles. The van der Waals surface area contributed by atoms with E-state index in [0.717, 1.165) is 29.7 Å². The molecule has 1 aliphatic rings. The summed E-state index contributed by atoms with van der Waals surface area (Å²) in [5, 5.41) is 9.16. The van der Waals surface area contributed by atoms with Crippen molar-refractivity contribution in [3.63, 3.8) is 0 Å². The summed E-state index contributed by atoms with van der Waals surface area (Å²) in [6.07, 6.45) is 6.43. The third-order valence-electron chi connectivity index (χ3n) is 4.88. The maximum absolute atomic E-state index is 12.5. The highest BCUT2D eigenvalue weighted by molar-refractivity contribution is 5.72. The second kappa shape index (κ2) is 7.49. The lowest BCUT2D eigenvalue weighted by Crippen LogP contribution is -2.35. The lowest BCUT2D eigenvalue weighted by molar-refractivity contribution is 0.727. The van der Waals surface area contributed by atoms with Crippen LogP contribution in [0.3, 0.4) is 0 Å². The molecule has 0 fully saturated rings. The van der Waals surface area contributed by atoms with Gasteiger partial charge in [-0.3, -0.25) is 14.3 Å². The van der Waals surface area contributed by atoms with Crippen LogP contribution in [0.4, 0.5) is 5.95 Å². The van der Waals surface area contributed by atoms with E-state index in [9.17, 15) is 4.79 Å². The molecule has 0 amide bonds. The fraction of sp³-hybridized carbons (Fsp3) is 0.182. The Morgan fingerprint density at radius 1 is 1.11 bits per heavy atom. The van der Waals surface area contributed by atoms with E-state index in [4.69, 9.17) is 10.2 Å². The van der Waals surface area contributed by atoms with Crippen molar-refractivity contribution in [2.24, 2.45) is 7.05 Å². The molecule has 6 heteroatoms. The number of pyridine rings is 1. The molecule has 3 aromatic rings. The Kier molecular flexibility index (Phi) is 4.73. The fourth-order valence-corrected chi connectivity index (χ4v) is 3.39. The first-order valence-corrected chi connectivity index (χ1v) is 9.09. The SMILES string of the molecule is Cn1c(N2CCC=C(c3cccc(C#N)c3)C2)nc(-c2ccncc2)cc1=O. The summed E-state index contributed by atoms with van der Waals surface area (Å²) in [6, 6.07) is 15.0. The molecule has 2 aromatic heterocycles. The van der Waals surface area contributed by atoms with Crippen molar-refractivity contribution in [2.45, 2.75) is 6.42 Å². The van der Waals surface area contributed by atoms with Gasteiger partial charge in [0.15, 0.2) is 0 Å². The normalized spacial score (nSPS) is 13.7. The van der Waals surface area contributed by atoms with Gasteiger partial charge in [0, 0.05) is 44.2 Å². The van der Waals surface area contributed by atoms with Gasteiger partial charge in [0.2, 0.25) is 5.95 Å². The second-order valence-electron chi connectivity index (χ2n) is 6.71. The lowest BCUT2D eigenvalue weighted by Gasteiger charge is -2.30. The summed E-state index contributed by atoms with van der Waals surface area (Å²) >= 11 is 0. The summed E-state index contributed by atoms with van der Waals surface area (Å²) in [7, 11) is 1.75. The van der Waals surface area contributed by atoms with Crippen molar-refractivity contribution in [1.82, 2.24) is 14.5 Å². The smallest absolute Gasteiger partial charge is 0.255 e. The van der Waals surface area contributed by atoms with Crippen molar-refractivity contribution in [2.75, 3.05) is 18.0 Å². The maximum atomic E-state index is 12.5. The molecule has 6 nitrogen and oxygen atoms in total. The predicted octanol–water partition coefficient (Wildman–Crippen LogP) is 3.01. The van der Waals surface area contributed by atoms with Crippen LogP contribution in [0.5, 0.6) is 0 Å². The van der Waals surface area contributed by atoms with Crippen molar-refractivity contribution in [3.8, 4) is 17.3 Å². The predicted molar refractivity (Wildman–Crippen MR) is 109 cm³/mol. The van der Waals surface area contributed by atoms with E-state index in [1.165, 1.54) is 0 Å². The number of hydrogen-bond donors (Lipinski definition) is 0. The molecule has 0 saturated carbocycles. The van der Waals surface area contributed by atoms with Gasteiger partial charge in [-0.25, -0.2) is 4.98 Å². The zero-order chi connectivity index (χ0) is 19.5. The molecule has 138 valence electrons. The van der Waals surface area contributed by atoms with Crippen LogP contribution >= 0.6 is 0 Å². The molecule has 3 heterocycles. The van der Waals surface area contributed by atoms with Crippen LogP contribution < -0.4 is 10.5 Å². The van der Waals surface area contributed by atoms with Gasteiger partial charge in [0.25, 0.3) is 5.56 Å². The minimum absolute atomic E-state index is 0.0978. The minimum atomic E-state index is -0.0978. The monoisotopic (exact) mass is 369 g/mol. The van der Waals surface area contributed by atoms with Gasteiger partial charge in [0.05, 0.1) is 17.3 Å². The third kappa shape index (κ3) is 3.42. The Hall–Kier alpha value is -3.72. The number of rotatable bonds is 3. The van der Waals surface area contributed by atoms with E-state index in [2.05, 4.69) is 22.0 Å². The molecule has 0 saturated heterocycles. The molecule has 0 N–H and O–H groups in total. The fourth-order valence-electron chi connectivity index (χ4n) is 3.39. The standard InChI is InChI=1S/C22H19N5O/c1-26-21(28)13-20(17-7-9-24-10-8-17)25-22(26)27-11-3-6-19(15-27)18-5-2-4-16(12-18)14-23/h2,4-10,12-13H,3,11,15H2,1H3. The van der Waals surface area contributed by atoms with Crippen LogP contribution in [-0.4, -0.2) is 27.6 Å². The topological polar surface area (TPSA) is 74.8 Å². The second-order valence-corrected chi connectivity index (χ2v) is 6.71. The Morgan fingerprint density at radius 3 is 2.71 bits per heavy atom. The highest BCUT2D eigenvalue weighted by Crippen LogP contribution is 2.25.